The van der Waals surface area contributed by atoms with Crippen LogP contribution in [-0.4, -0.2) is 47.5 Å². The van der Waals surface area contributed by atoms with Gasteiger partial charge in [-0.15, -0.1) is 0 Å². The summed E-state index contributed by atoms with van der Waals surface area (Å²) in [6.45, 7) is 4.17. The predicted molar refractivity (Wildman–Crippen MR) is 129 cm³/mol. The van der Waals surface area contributed by atoms with Crippen LogP contribution in [0.2, 0.25) is 0 Å². The summed E-state index contributed by atoms with van der Waals surface area (Å²) in [7, 11) is 1.71. The number of anilines is 1. The van der Waals surface area contributed by atoms with Crippen molar-refractivity contribution >= 4 is 11.7 Å². The van der Waals surface area contributed by atoms with Gasteiger partial charge in [-0.3, -0.25) is 4.79 Å². The number of carbonyl (C=O) groups is 1. The van der Waals surface area contributed by atoms with Gasteiger partial charge in [0.2, 0.25) is 5.82 Å². The van der Waals surface area contributed by atoms with Crippen molar-refractivity contribution in [2.45, 2.75) is 51.7 Å². The van der Waals surface area contributed by atoms with Crippen LogP contribution in [-0.2, 0) is 16.1 Å². The largest absolute Gasteiger partial charge is 0.494 e. The minimum atomic E-state index is -0.830. The molecule has 0 radical (unpaired) electrons. The molecule has 1 atom stereocenters. The molecule has 0 bridgehead atoms. The van der Waals surface area contributed by atoms with Gasteiger partial charge in [0, 0.05) is 48.5 Å². The Kier molecular flexibility index (Phi) is 7.80. The second-order valence-corrected chi connectivity index (χ2v) is 8.61. The number of methoxy groups -OCH3 is 1. The maximum Gasteiger partial charge on any atom is 0.303 e. The monoisotopic (exact) mass is 465 g/mol. The fraction of sp³-hybridized carbons (Fsp3) is 0.423. The summed E-state index contributed by atoms with van der Waals surface area (Å²) >= 11 is 0. The molecule has 8 nitrogen and oxygen atoms in total. The van der Waals surface area contributed by atoms with Crippen molar-refractivity contribution in [1.29, 1.82) is 0 Å². The van der Waals surface area contributed by atoms with Crippen LogP contribution in [0.3, 0.4) is 0 Å². The van der Waals surface area contributed by atoms with Gasteiger partial charge < -0.3 is 24.0 Å². The topological polar surface area (TPSA) is 97.9 Å². The third-order valence-corrected chi connectivity index (χ3v) is 6.06. The van der Waals surface area contributed by atoms with E-state index in [2.05, 4.69) is 34.1 Å². The molecule has 0 aliphatic carbocycles. The molecule has 8 heteroatoms. The van der Waals surface area contributed by atoms with Gasteiger partial charge in [-0.25, -0.2) is 0 Å². The Morgan fingerprint density at radius 3 is 2.88 bits per heavy atom. The lowest BCUT2D eigenvalue weighted by molar-refractivity contribution is -0.137. The van der Waals surface area contributed by atoms with Crippen molar-refractivity contribution in [3.63, 3.8) is 0 Å². The standard InChI is InChI=1S/C26H31N3O5/c1-18-7-3-4-13-29(18)23-12-11-20(15-21(23)17-32-2)26-27-25(28-34-26)19-8-5-9-22(16-19)33-14-6-10-24(30)31/h5,8-9,11-12,15-16,18H,3-4,6-7,10,13-14,17H2,1-2H3,(H,30,31). The van der Waals surface area contributed by atoms with Gasteiger partial charge in [-0.2, -0.15) is 4.98 Å². The van der Waals surface area contributed by atoms with Crippen molar-refractivity contribution in [2.24, 2.45) is 0 Å². The molecule has 1 aliphatic heterocycles. The van der Waals surface area contributed by atoms with Crippen LogP contribution >= 0.6 is 0 Å². The number of hydrogen-bond acceptors (Lipinski definition) is 7. The number of carboxylic acids is 1. The quantitative estimate of drug-likeness (QED) is 0.410. The van der Waals surface area contributed by atoms with Crippen LogP contribution in [0.1, 0.15) is 44.6 Å². The van der Waals surface area contributed by atoms with E-state index < -0.39 is 5.97 Å². The van der Waals surface area contributed by atoms with Gasteiger partial charge in [-0.1, -0.05) is 17.3 Å². The number of benzene rings is 2. The highest BCUT2D eigenvalue weighted by atomic mass is 16.5. The summed E-state index contributed by atoms with van der Waals surface area (Å²) in [6.07, 6.45) is 4.20. The summed E-state index contributed by atoms with van der Waals surface area (Å²) in [5, 5.41) is 12.9. The van der Waals surface area contributed by atoms with E-state index in [1.807, 2.05) is 30.3 Å². The van der Waals surface area contributed by atoms with Crippen LogP contribution in [0.15, 0.2) is 47.0 Å². The van der Waals surface area contributed by atoms with Crippen LogP contribution in [0.4, 0.5) is 5.69 Å². The van der Waals surface area contributed by atoms with Crippen molar-refractivity contribution in [2.75, 3.05) is 25.2 Å². The van der Waals surface area contributed by atoms with E-state index in [1.54, 1.807) is 7.11 Å². The van der Waals surface area contributed by atoms with E-state index in [4.69, 9.17) is 19.1 Å². The third kappa shape index (κ3) is 5.75. The molecule has 1 aliphatic rings. The molecule has 4 rings (SSSR count). The molecule has 1 fully saturated rings. The van der Waals surface area contributed by atoms with E-state index in [-0.39, 0.29) is 6.42 Å². The second kappa shape index (κ2) is 11.2. The fourth-order valence-electron chi connectivity index (χ4n) is 4.32. The summed E-state index contributed by atoms with van der Waals surface area (Å²) in [4.78, 5) is 17.7. The molecule has 0 saturated carbocycles. The van der Waals surface area contributed by atoms with Gasteiger partial charge in [0.05, 0.1) is 13.2 Å². The maximum atomic E-state index is 10.6. The van der Waals surface area contributed by atoms with Crippen molar-refractivity contribution in [3.8, 4) is 28.6 Å². The lowest BCUT2D eigenvalue weighted by Gasteiger charge is -2.36. The van der Waals surface area contributed by atoms with Crippen LogP contribution < -0.4 is 9.64 Å². The van der Waals surface area contributed by atoms with Crippen molar-refractivity contribution < 1.29 is 23.9 Å². The van der Waals surface area contributed by atoms with Gasteiger partial charge in [0.25, 0.3) is 5.89 Å². The SMILES string of the molecule is COCc1cc(-c2nc(-c3cccc(OCCCC(=O)O)c3)no2)ccc1N1CCCCC1C. The summed E-state index contributed by atoms with van der Waals surface area (Å²) in [6, 6.07) is 14.1. The smallest absolute Gasteiger partial charge is 0.303 e. The number of aliphatic carboxylic acids is 1. The molecule has 1 aromatic heterocycles. The Labute approximate surface area is 199 Å². The fourth-order valence-corrected chi connectivity index (χ4v) is 4.32. The van der Waals surface area contributed by atoms with Gasteiger partial charge in [0.1, 0.15) is 5.75 Å². The molecule has 0 amide bonds. The highest BCUT2D eigenvalue weighted by molar-refractivity contribution is 5.67. The molecule has 2 heterocycles. The first-order valence-corrected chi connectivity index (χ1v) is 11.7. The van der Waals surface area contributed by atoms with E-state index in [1.165, 1.54) is 24.9 Å². The van der Waals surface area contributed by atoms with Crippen molar-refractivity contribution in [3.05, 3.63) is 48.0 Å². The normalized spacial score (nSPS) is 15.9. The average molecular weight is 466 g/mol. The molecule has 1 N–H and O–H groups in total. The summed E-state index contributed by atoms with van der Waals surface area (Å²) < 4.78 is 16.7. The maximum absolute atomic E-state index is 10.6. The molecule has 1 unspecified atom stereocenters. The lowest BCUT2D eigenvalue weighted by Crippen LogP contribution is -2.38. The van der Waals surface area contributed by atoms with Gasteiger partial charge >= 0.3 is 5.97 Å². The Morgan fingerprint density at radius 1 is 1.21 bits per heavy atom. The predicted octanol–water partition coefficient (Wildman–Crippen LogP) is 5.17. The first-order valence-electron chi connectivity index (χ1n) is 11.7. The lowest BCUT2D eigenvalue weighted by atomic mass is 10.00. The number of aromatic nitrogens is 2. The molecule has 1 saturated heterocycles. The third-order valence-electron chi connectivity index (χ3n) is 6.06. The zero-order valence-electron chi connectivity index (χ0n) is 19.7. The van der Waals surface area contributed by atoms with Crippen LogP contribution in [0.25, 0.3) is 22.8 Å². The van der Waals surface area contributed by atoms with E-state index in [9.17, 15) is 4.79 Å². The molecular weight excluding hydrogens is 434 g/mol. The Bertz CT molecular complexity index is 1110. The number of piperidine rings is 1. The second-order valence-electron chi connectivity index (χ2n) is 8.61. The molecule has 0 spiro atoms. The number of hydrogen-bond donors (Lipinski definition) is 1. The number of ether oxygens (including phenoxy) is 2. The van der Waals surface area contributed by atoms with Gasteiger partial charge in [-0.05, 0) is 62.9 Å². The highest BCUT2D eigenvalue weighted by Crippen LogP contribution is 2.32. The molecule has 180 valence electrons. The number of carboxylic acid groups (broad SMARTS) is 1. The number of rotatable bonds is 10. The molecule has 2 aromatic carbocycles. The zero-order chi connectivity index (χ0) is 23.9. The summed E-state index contributed by atoms with van der Waals surface area (Å²) in [5.74, 6) is 0.715. The average Bonchev–Trinajstić information content (AvgIpc) is 3.33. The molecular formula is C26H31N3O5. The summed E-state index contributed by atoms with van der Waals surface area (Å²) in [5.41, 5.74) is 3.91. The molecule has 34 heavy (non-hydrogen) atoms. The number of nitrogens with zero attached hydrogens (tertiary/aromatic N) is 3. The van der Waals surface area contributed by atoms with Gasteiger partial charge in [0.15, 0.2) is 0 Å². The minimum absolute atomic E-state index is 0.0778. The van der Waals surface area contributed by atoms with E-state index in [0.29, 0.717) is 43.1 Å². The first-order chi connectivity index (χ1) is 16.5. The Balaban J connectivity index is 1.52. The van der Waals surface area contributed by atoms with E-state index >= 15 is 0 Å². The Morgan fingerprint density at radius 2 is 2.09 bits per heavy atom. The highest BCUT2D eigenvalue weighted by Gasteiger charge is 2.22. The van der Waals surface area contributed by atoms with Crippen LogP contribution in [0, 0.1) is 0 Å². The molecule has 3 aromatic rings. The zero-order valence-corrected chi connectivity index (χ0v) is 19.7. The van der Waals surface area contributed by atoms with Crippen molar-refractivity contribution in [1.82, 2.24) is 10.1 Å². The Hall–Kier alpha value is -3.39. The first kappa shape index (κ1) is 23.8. The minimum Gasteiger partial charge on any atom is -0.494 e. The van der Waals surface area contributed by atoms with Crippen LogP contribution in [0.5, 0.6) is 5.75 Å². The van der Waals surface area contributed by atoms with E-state index in [0.717, 1.165) is 23.2 Å².